The highest BCUT2D eigenvalue weighted by molar-refractivity contribution is 6.44. The molecule has 12 heavy (non-hydrogen) atoms. The molecule has 2 rings (SSSR count). The Hall–Kier alpha value is -0.930. The molecule has 5 heteroatoms. The maximum absolute atomic E-state index is 9.45. The van der Waals surface area contributed by atoms with Gasteiger partial charge in [0.15, 0.2) is 0 Å². The van der Waals surface area contributed by atoms with Crippen LogP contribution in [0.3, 0.4) is 0 Å². The van der Waals surface area contributed by atoms with Crippen molar-refractivity contribution in [3.05, 3.63) is 22.3 Å². The van der Waals surface area contributed by atoms with Crippen molar-refractivity contribution >= 4 is 34.1 Å². The third-order valence-electron chi connectivity index (χ3n) is 1.61. The van der Waals surface area contributed by atoms with E-state index in [-0.39, 0.29) is 10.8 Å². The lowest BCUT2D eigenvalue weighted by Crippen LogP contribution is -1.74. The first kappa shape index (κ1) is 7.71. The Balaban J connectivity index is 2.94. The molecule has 0 fully saturated rings. The predicted octanol–water partition coefficient (Wildman–Crippen LogP) is 2.58. The first-order valence-corrected chi connectivity index (χ1v) is 3.96. The monoisotopic (exact) mass is 202 g/mol. The summed E-state index contributed by atoms with van der Waals surface area (Å²) in [5.74, 6) is -0.0343. The zero-order valence-corrected chi connectivity index (χ0v) is 7.32. The standard InChI is InChI=1S/C7H4Cl2N2O/c8-4-1-5-3(2-10-11-5)7(12)6(4)9/h1-2,12H,(H,10,11). The van der Waals surface area contributed by atoms with Crippen LogP contribution in [-0.4, -0.2) is 15.3 Å². The number of aromatic amines is 1. The normalized spacial score (nSPS) is 10.8. The SMILES string of the molecule is Oc1c(Cl)c(Cl)cc2[nH]ncc12. The summed E-state index contributed by atoms with van der Waals surface area (Å²) in [7, 11) is 0. The molecule has 0 saturated carbocycles. The first-order chi connectivity index (χ1) is 5.70. The number of benzene rings is 1. The third kappa shape index (κ3) is 0.940. The molecule has 62 valence electrons. The van der Waals surface area contributed by atoms with E-state index in [0.29, 0.717) is 15.9 Å². The highest BCUT2D eigenvalue weighted by Gasteiger charge is 2.10. The van der Waals surface area contributed by atoms with Crippen LogP contribution in [-0.2, 0) is 0 Å². The van der Waals surface area contributed by atoms with Crippen LogP contribution in [0.15, 0.2) is 12.3 Å². The molecule has 0 spiro atoms. The number of phenolic OH excluding ortho intramolecular Hbond substituents is 1. The van der Waals surface area contributed by atoms with Crippen molar-refractivity contribution in [1.29, 1.82) is 0 Å². The minimum absolute atomic E-state index is 0.0343. The summed E-state index contributed by atoms with van der Waals surface area (Å²) in [6, 6.07) is 1.62. The Morgan fingerprint density at radius 3 is 2.92 bits per heavy atom. The van der Waals surface area contributed by atoms with Gasteiger partial charge in [-0.3, -0.25) is 5.10 Å². The molecule has 0 radical (unpaired) electrons. The number of phenols is 1. The molecule has 0 aliphatic heterocycles. The van der Waals surface area contributed by atoms with Gasteiger partial charge in [0, 0.05) is 0 Å². The van der Waals surface area contributed by atoms with Gasteiger partial charge in [-0.25, -0.2) is 0 Å². The van der Waals surface area contributed by atoms with Crippen molar-refractivity contribution in [3.8, 4) is 5.75 Å². The van der Waals surface area contributed by atoms with Gasteiger partial charge in [-0.15, -0.1) is 0 Å². The molecule has 1 heterocycles. The van der Waals surface area contributed by atoms with Crippen LogP contribution >= 0.6 is 23.2 Å². The molecular formula is C7H4Cl2N2O. The smallest absolute Gasteiger partial charge is 0.146 e. The number of aromatic hydroxyl groups is 1. The molecule has 0 bridgehead atoms. The lowest BCUT2D eigenvalue weighted by atomic mass is 10.2. The first-order valence-electron chi connectivity index (χ1n) is 3.20. The van der Waals surface area contributed by atoms with E-state index in [1.54, 1.807) is 6.07 Å². The summed E-state index contributed by atoms with van der Waals surface area (Å²) >= 11 is 11.4. The average Bonchev–Trinajstić information content (AvgIpc) is 2.48. The van der Waals surface area contributed by atoms with Gasteiger partial charge in [0.25, 0.3) is 0 Å². The van der Waals surface area contributed by atoms with E-state index >= 15 is 0 Å². The van der Waals surface area contributed by atoms with E-state index in [1.165, 1.54) is 6.20 Å². The fourth-order valence-electron chi connectivity index (χ4n) is 1.02. The summed E-state index contributed by atoms with van der Waals surface area (Å²) in [6.07, 6.45) is 1.49. The topological polar surface area (TPSA) is 48.9 Å². The number of hydrogen-bond donors (Lipinski definition) is 2. The number of halogens is 2. The van der Waals surface area contributed by atoms with E-state index < -0.39 is 0 Å². The number of rotatable bonds is 0. The Morgan fingerprint density at radius 2 is 2.17 bits per heavy atom. The lowest BCUT2D eigenvalue weighted by molar-refractivity contribution is 0.482. The number of H-pyrrole nitrogens is 1. The average molecular weight is 203 g/mol. The van der Waals surface area contributed by atoms with E-state index in [2.05, 4.69) is 10.2 Å². The predicted molar refractivity (Wildman–Crippen MR) is 47.8 cm³/mol. The van der Waals surface area contributed by atoms with Crippen LogP contribution < -0.4 is 0 Å². The summed E-state index contributed by atoms with van der Waals surface area (Å²) in [6.45, 7) is 0. The lowest BCUT2D eigenvalue weighted by Gasteiger charge is -1.99. The van der Waals surface area contributed by atoms with Crippen molar-refractivity contribution in [3.63, 3.8) is 0 Å². The zero-order chi connectivity index (χ0) is 8.72. The van der Waals surface area contributed by atoms with Gasteiger partial charge in [0.05, 0.1) is 22.1 Å². The van der Waals surface area contributed by atoms with Gasteiger partial charge in [-0.1, -0.05) is 23.2 Å². The Kier molecular flexibility index (Phi) is 1.63. The minimum Gasteiger partial charge on any atom is -0.506 e. The second-order valence-electron chi connectivity index (χ2n) is 2.35. The number of nitrogens with zero attached hydrogens (tertiary/aromatic N) is 1. The van der Waals surface area contributed by atoms with E-state index in [4.69, 9.17) is 23.2 Å². The Morgan fingerprint density at radius 1 is 1.42 bits per heavy atom. The molecule has 0 unspecified atom stereocenters. The Bertz CT molecular complexity index is 438. The van der Waals surface area contributed by atoms with Crippen molar-refractivity contribution in [2.45, 2.75) is 0 Å². The Labute approximate surface area is 77.9 Å². The molecule has 0 amide bonds. The van der Waals surface area contributed by atoms with Gasteiger partial charge < -0.3 is 5.11 Å². The fourth-order valence-corrected chi connectivity index (χ4v) is 1.37. The van der Waals surface area contributed by atoms with E-state index in [0.717, 1.165) is 0 Å². The van der Waals surface area contributed by atoms with Gasteiger partial charge in [-0.2, -0.15) is 5.10 Å². The highest BCUT2D eigenvalue weighted by Crippen LogP contribution is 2.36. The molecule has 0 aliphatic rings. The second-order valence-corrected chi connectivity index (χ2v) is 3.14. The van der Waals surface area contributed by atoms with Crippen LogP contribution in [0, 0.1) is 0 Å². The largest absolute Gasteiger partial charge is 0.506 e. The van der Waals surface area contributed by atoms with Gasteiger partial charge >= 0.3 is 0 Å². The molecule has 0 atom stereocenters. The highest BCUT2D eigenvalue weighted by atomic mass is 35.5. The molecular weight excluding hydrogens is 199 g/mol. The van der Waals surface area contributed by atoms with Crippen LogP contribution in [0.5, 0.6) is 5.75 Å². The van der Waals surface area contributed by atoms with Crippen LogP contribution in [0.25, 0.3) is 10.9 Å². The summed E-state index contributed by atoms with van der Waals surface area (Å²) < 4.78 is 0. The van der Waals surface area contributed by atoms with E-state index in [9.17, 15) is 5.11 Å². The number of fused-ring (bicyclic) bond motifs is 1. The molecule has 2 aromatic rings. The van der Waals surface area contributed by atoms with Crippen molar-refractivity contribution in [1.82, 2.24) is 10.2 Å². The summed E-state index contributed by atoms with van der Waals surface area (Å²) in [5.41, 5.74) is 0.668. The van der Waals surface area contributed by atoms with Gasteiger partial charge in [0.2, 0.25) is 0 Å². The maximum Gasteiger partial charge on any atom is 0.146 e. The van der Waals surface area contributed by atoms with E-state index in [1.807, 2.05) is 0 Å². The van der Waals surface area contributed by atoms with Crippen molar-refractivity contribution in [2.24, 2.45) is 0 Å². The molecule has 0 aliphatic carbocycles. The van der Waals surface area contributed by atoms with Crippen LogP contribution in [0.1, 0.15) is 0 Å². The van der Waals surface area contributed by atoms with Gasteiger partial charge in [0.1, 0.15) is 10.8 Å². The molecule has 2 N–H and O–H groups in total. The van der Waals surface area contributed by atoms with Crippen molar-refractivity contribution < 1.29 is 5.11 Å². The fraction of sp³-hybridized carbons (Fsp3) is 0. The molecule has 0 saturated heterocycles. The third-order valence-corrected chi connectivity index (χ3v) is 2.39. The number of hydrogen-bond acceptors (Lipinski definition) is 2. The molecule has 3 nitrogen and oxygen atoms in total. The van der Waals surface area contributed by atoms with Crippen LogP contribution in [0.4, 0.5) is 0 Å². The quantitative estimate of drug-likeness (QED) is 0.691. The van der Waals surface area contributed by atoms with Gasteiger partial charge in [-0.05, 0) is 6.07 Å². The summed E-state index contributed by atoms with van der Waals surface area (Å²) in [5, 5.41) is 16.9. The minimum atomic E-state index is -0.0343. The summed E-state index contributed by atoms with van der Waals surface area (Å²) in [4.78, 5) is 0. The number of nitrogens with one attached hydrogen (secondary N) is 1. The maximum atomic E-state index is 9.45. The second kappa shape index (κ2) is 2.54. The number of aromatic nitrogens is 2. The molecule has 1 aromatic carbocycles. The van der Waals surface area contributed by atoms with Crippen LogP contribution in [0.2, 0.25) is 10.0 Å². The van der Waals surface area contributed by atoms with Crippen molar-refractivity contribution in [2.75, 3.05) is 0 Å². The zero-order valence-electron chi connectivity index (χ0n) is 5.81. The molecule has 1 aromatic heterocycles.